The molecule has 1 aliphatic carbocycles. The number of fused-ring (bicyclic) bond motifs is 1. The fourth-order valence-electron chi connectivity index (χ4n) is 4.58. The SMILES string of the molecule is C[C@](O)(CN[C@@H]1CC[C@@H]2CN(Cc3ccccc3)C[C@@H]21)c1ccco1. The van der Waals surface area contributed by atoms with Crippen molar-refractivity contribution in [1.82, 2.24) is 10.2 Å². The van der Waals surface area contributed by atoms with Crippen molar-refractivity contribution in [3.05, 3.63) is 60.1 Å². The van der Waals surface area contributed by atoms with Crippen molar-refractivity contribution >= 4 is 0 Å². The van der Waals surface area contributed by atoms with E-state index in [0.29, 0.717) is 24.3 Å². The third-order valence-corrected chi connectivity index (χ3v) is 5.94. The third kappa shape index (κ3) is 3.66. The van der Waals surface area contributed by atoms with E-state index in [2.05, 4.69) is 40.5 Å². The molecule has 0 spiro atoms. The van der Waals surface area contributed by atoms with E-state index >= 15 is 0 Å². The number of hydrogen-bond donors (Lipinski definition) is 2. The van der Waals surface area contributed by atoms with Crippen LogP contribution in [0.1, 0.15) is 31.1 Å². The fourth-order valence-corrected chi connectivity index (χ4v) is 4.58. The van der Waals surface area contributed by atoms with Gasteiger partial charge >= 0.3 is 0 Å². The van der Waals surface area contributed by atoms with Crippen LogP contribution in [0.5, 0.6) is 0 Å². The largest absolute Gasteiger partial charge is 0.466 e. The van der Waals surface area contributed by atoms with Crippen molar-refractivity contribution in [3.63, 3.8) is 0 Å². The molecular formula is C21H28N2O2. The minimum Gasteiger partial charge on any atom is -0.466 e. The van der Waals surface area contributed by atoms with Gasteiger partial charge in [0.1, 0.15) is 11.4 Å². The molecule has 1 saturated carbocycles. The number of hydrogen-bond acceptors (Lipinski definition) is 4. The zero-order valence-electron chi connectivity index (χ0n) is 14.9. The van der Waals surface area contributed by atoms with E-state index < -0.39 is 5.60 Å². The summed E-state index contributed by atoms with van der Waals surface area (Å²) >= 11 is 0. The van der Waals surface area contributed by atoms with Crippen LogP contribution < -0.4 is 5.32 Å². The lowest BCUT2D eigenvalue weighted by atomic mass is 9.96. The van der Waals surface area contributed by atoms with E-state index in [0.717, 1.165) is 19.0 Å². The normalized spacial score (nSPS) is 28.8. The Balaban J connectivity index is 1.33. The van der Waals surface area contributed by atoms with Crippen molar-refractivity contribution in [2.45, 2.75) is 38.0 Å². The molecule has 4 atom stereocenters. The summed E-state index contributed by atoms with van der Waals surface area (Å²) < 4.78 is 5.39. The van der Waals surface area contributed by atoms with Gasteiger partial charge in [-0.1, -0.05) is 30.3 Å². The molecule has 2 aliphatic rings. The van der Waals surface area contributed by atoms with E-state index in [-0.39, 0.29) is 0 Å². The second-order valence-electron chi connectivity index (χ2n) is 7.92. The summed E-state index contributed by atoms with van der Waals surface area (Å²) in [5, 5.41) is 14.3. The molecule has 1 aliphatic heterocycles. The van der Waals surface area contributed by atoms with Crippen LogP contribution in [-0.2, 0) is 12.1 Å². The number of nitrogens with zero attached hydrogens (tertiary/aromatic N) is 1. The topological polar surface area (TPSA) is 48.6 Å². The quantitative estimate of drug-likeness (QED) is 0.849. The lowest BCUT2D eigenvalue weighted by molar-refractivity contribution is 0.0301. The van der Waals surface area contributed by atoms with Crippen molar-refractivity contribution in [2.75, 3.05) is 19.6 Å². The molecular weight excluding hydrogens is 312 g/mol. The second kappa shape index (κ2) is 6.94. The molecule has 4 heteroatoms. The Labute approximate surface area is 149 Å². The zero-order valence-corrected chi connectivity index (χ0v) is 14.9. The summed E-state index contributed by atoms with van der Waals surface area (Å²) in [5.41, 5.74) is 0.442. The number of benzene rings is 1. The van der Waals surface area contributed by atoms with E-state index in [9.17, 15) is 5.11 Å². The smallest absolute Gasteiger partial charge is 0.136 e. The Morgan fingerprint density at radius 2 is 2.00 bits per heavy atom. The molecule has 1 saturated heterocycles. The van der Waals surface area contributed by atoms with Crippen LogP contribution in [0.15, 0.2) is 53.1 Å². The minimum atomic E-state index is -0.954. The summed E-state index contributed by atoms with van der Waals surface area (Å²) in [6, 6.07) is 14.9. The molecule has 1 aromatic heterocycles. The summed E-state index contributed by atoms with van der Waals surface area (Å²) in [6.45, 7) is 5.76. The van der Waals surface area contributed by atoms with Crippen molar-refractivity contribution in [1.29, 1.82) is 0 Å². The first-order valence-electron chi connectivity index (χ1n) is 9.38. The van der Waals surface area contributed by atoms with Gasteiger partial charge in [-0.15, -0.1) is 0 Å². The van der Waals surface area contributed by atoms with Crippen molar-refractivity contribution < 1.29 is 9.52 Å². The molecule has 0 radical (unpaired) electrons. The first-order chi connectivity index (χ1) is 12.1. The lowest BCUT2D eigenvalue weighted by Gasteiger charge is -2.27. The van der Waals surface area contributed by atoms with Gasteiger partial charge in [-0.25, -0.2) is 0 Å². The molecule has 134 valence electrons. The number of furan rings is 1. The lowest BCUT2D eigenvalue weighted by Crippen LogP contribution is -2.43. The molecule has 4 nitrogen and oxygen atoms in total. The first-order valence-corrected chi connectivity index (χ1v) is 9.38. The summed E-state index contributed by atoms with van der Waals surface area (Å²) in [5.74, 6) is 2.11. The van der Waals surface area contributed by atoms with E-state index in [1.54, 1.807) is 6.26 Å². The van der Waals surface area contributed by atoms with Gasteiger partial charge < -0.3 is 14.8 Å². The van der Waals surface area contributed by atoms with Gasteiger partial charge in [-0.05, 0) is 49.3 Å². The van der Waals surface area contributed by atoms with Gasteiger partial charge in [0.15, 0.2) is 0 Å². The van der Waals surface area contributed by atoms with Gasteiger partial charge in [-0.2, -0.15) is 0 Å². The summed E-state index contributed by atoms with van der Waals surface area (Å²) in [4.78, 5) is 2.59. The van der Waals surface area contributed by atoms with Crippen LogP contribution in [0, 0.1) is 11.8 Å². The zero-order chi connectivity index (χ0) is 17.3. The van der Waals surface area contributed by atoms with E-state index in [1.807, 2.05) is 19.1 Å². The van der Waals surface area contributed by atoms with Crippen LogP contribution >= 0.6 is 0 Å². The highest BCUT2D eigenvalue weighted by atomic mass is 16.4. The molecule has 0 amide bonds. The Morgan fingerprint density at radius 1 is 1.16 bits per heavy atom. The van der Waals surface area contributed by atoms with Crippen LogP contribution in [0.4, 0.5) is 0 Å². The maximum Gasteiger partial charge on any atom is 0.136 e. The van der Waals surface area contributed by atoms with Crippen LogP contribution in [-0.4, -0.2) is 35.7 Å². The minimum absolute atomic E-state index is 0.493. The average Bonchev–Trinajstić information content (AvgIpc) is 3.32. The monoisotopic (exact) mass is 340 g/mol. The van der Waals surface area contributed by atoms with Crippen LogP contribution in [0.2, 0.25) is 0 Å². The average molecular weight is 340 g/mol. The number of likely N-dealkylation sites (tertiary alicyclic amines) is 1. The number of nitrogens with one attached hydrogen (secondary N) is 1. The molecule has 2 N–H and O–H groups in total. The standard InChI is InChI=1S/C21H28N2O2/c1-21(24,20-8-5-11-25-20)15-22-19-10-9-17-13-23(14-18(17)19)12-16-6-3-2-4-7-16/h2-8,11,17-19,22,24H,9-10,12-15H2,1H3/t17-,18+,19-,21+/m1/s1. The Kier molecular flexibility index (Phi) is 4.67. The van der Waals surface area contributed by atoms with Gasteiger partial charge in [0.25, 0.3) is 0 Å². The fraction of sp³-hybridized carbons (Fsp3) is 0.524. The van der Waals surface area contributed by atoms with Crippen LogP contribution in [0.3, 0.4) is 0 Å². The molecule has 2 heterocycles. The van der Waals surface area contributed by atoms with Gasteiger partial charge in [0.2, 0.25) is 0 Å². The first kappa shape index (κ1) is 16.8. The predicted molar refractivity (Wildman–Crippen MR) is 98.0 cm³/mol. The third-order valence-electron chi connectivity index (χ3n) is 5.94. The number of rotatable bonds is 6. The van der Waals surface area contributed by atoms with Crippen LogP contribution in [0.25, 0.3) is 0 Å². The molecule has 2 fully saturated rings. The molecule has 4 rings (SSSR count). The van der Waals surface area contributed by atoms with Crippen molar-refractivity contribution in [3.8, 4) is 0 Å². The van der Waals surface area contributed by atoms with Gasteiger partial charge in [-0.3, -0.25) is 4.90 Å². The highest BCUT2D eigenvalue weighted by molar-refractivity contribution is 5.15. The van der Waals surface area contributed by atoms with E-state index in [4.69, 9.17) is 4.42 Å². The summed E-state index contributed by atoms with van der Waals surface area (Å²) in [6.07, 6.45) is 4.12. The molecule has 2 aromatic rings. The molecule has 1 aromatic carbocycles. The summed E-state index contributed by atoms with van der Waals surface area (Å²) in [7, 11) is 0. The maximum absolute atomic E-state index is 10.7. The van der Waals surface area contributed by atoms with E-state index in [1.165, 1.54) is 24.9 Å². The van der Waals surface area contributed by atoms with Gasteiger partial charge in [0.05, 0.1) is 6.26 Å². The highest BCUT2D eigenvalue weighted by Gasteiger charge is 2.43. The predicted octanol–water partition coefficient (Wildman–Crippen LogP) is 2.99. The second-order valence-corrected chi connectivity index (χ2v) is 7.92. The Bertz CT molecular complexity index is 668. The maximum atomic E-state index is 10.7. The van der Waals surface area contributed by atoms with Gasteiger partial charge in [0, 0.05) is 32.2 Å². The molecule has 0 unspecified atom stereocenters. The molecule has 0 bridgehead atoms. The Hall–Kier alpha value is -1.62. The highest BCUT2D eigenvalue weighted by Crippen LogP contribution is 2.39. The number of aliphatic hydroxyl groups is 1. The van der Waals surface area contributed by atoms with Crippen molar-refractivity contribution in [2.24, 2.45) is 11.8 Å². The molecule has 25 heavy (non-hydrogen) atoms. The Morgan fingerprint density at radius 3 is 2.76 bits per heavy atom.